The number of H-pyrrole nitrogens is 1. The number of rotatable bonds is 9. The van der Waals surface area contributed by atoms with E-state index in [1.54, 1.807) is 49.6 Å². The number of nitrogens with zero attached hydrogens (tertiary/aromatic N) is 1. The van der Waals surface area contributed by atoms with E-state index in [-0.39, 0.29) is 18.7 Å². The smallest absolute Gasteiger partial charge is 0.326 e. The van der Waals surface area contributed by atoms with Crippen LogP contribution in [0.2, 0.25) is 0 Å². The van der Waals surface area contributed by atoms with Gasteiger partial charge in [-0.3, -0.25) is 9.59 Å². The second-order valence-corrected chi connectivity index (χ2v) is 9.72. The number of carboxylic acids is 1. The number of carboxylic acid groups (broad SMARTS) is 1. The lowest BCUT2D eigenvalue weighted by Crippen LogP contribution is -2.53. The van der Waals surface area contributed by atoms with Crippen LogP contribution >= 0.6 is 0 Å². The number of nitrogens with two attached hydrogens (primary N) is 1. The molecule has 2 amide bonds. The standard InChI is InChI=1S/C30H32N4O4/c1-18-12-19(2)14-21(13-18)29(36)34(3)27(15-20-8-10-23(31)11-9-20)28(35)33-26(30(37)38)16-22-17-32-25-7-5-4-6-24(22)25/h4-14,17,26-27,32H,15-16,31H2,1-3H3,(H,33,35)(H,37,38)/t26-,27+/m0/s1. The lowest BCUT2D eigenvalue weighted by atomic mass is 10.0. The number of nitrogens with one attached hydrogen (secondary N) is 2. The third-order valence-electron chi connectivity index (χ3n) is 6.68. The Morgan fingerprint density at radius 1 is 0.974 bits per heavy atom. The van der Waals surface area contributed by atoms with Crippen molar-refractivity contribution in [3.8, 4) is 0 Å². The molecule has 0 unspecified atom stereocenters. The first-order valence-electron chi connectivity index (χ1n) is 12.4. The Balaban J connectivity index is 1.61. The summed E-state index contributed by atoms with van der Waals surface area (Å²) in [6, 6.07) is 18.0. The molecular weight excluding hydrogens is 480 g/mol. The summed E-state index contributed by atoms with van der Waals surface area (Å²) in [5.41, 5.74) is 11.2. The van der Waals surface area contributed by atoms with Gasteiger partial charge in [0.1, 0.15) is 12.1 Å². The second-order valence-electron chi connectivity index (χ2n) is 9.72. The zero-order chi connectivity index (χ0) is 27.4. The fourth-order valence-electron chi connectivity index (χ4n) is 4.71. The highest BCUT2D eigenvalue weighted by Crippen LogP contribution is 2.20. The number of hydrogen-bond donors (Lipinski definition) is 4. The molecule has 0 saturated heterocycles. The van der Waals surface area contributed by atoms with E-state index in [0.29, 0.717) is 11.3 Å². The van der Waals surface area contributed by atoms with Crippen LogP contribution < -0.4 is 11.1 Å². The number of carbonyl (C=O) groups excluding carboxylic acids is 2. The number of likely N-dealkylation sites (N-methyl/N-ethyl adjacent to an activating group) is 1. The molecular formula is C30H32N4O4. The molecule has 38 heavy (non-hydrogen) atoms. The highest BCUT2D eigenvalue weighted by Gasteiger charge is 2.31. The molecule has 0 aliphatic carbocycles. The van der Waals surface area contributed by atoms with Crippen molar-refractivity contribution in [1.29, 1.82) is 0 Å². The predicted molar refractivity (Wildman–Crippen MR) is 148 cm³/mol. The van der Waals surface area contributed by atoms with Crippen molar-refractivity contribution in [2.75, 3.05) is 12.8 Å². The molecule has 0 spiro atoms. The molecule has 4 aromatic rings. The second kappa shape index (κ2) is 11.2. The summed E-state index contributed by atoms with van der Waals surface area (Å²) in [5.74, 6) is -2.02. The zero-order valence-corrected chi connectivity index (χ0v) is 21.7. The van der Waals surface area contributed by atoms with E-state index in [0.717, 1.165) is 33.2 Å². The van der Waals surface area contributed by atoms with Crippen molar-refractivity contribution in [2.24, 2.45) is 0 Å². The van der Waals surface area contributed by atoms with E-state index in [1.165, 1.54) is 4.90 Å². The van der Waals surface area contributed by atoms with Crippen LogP contribution in [0, 0.1) is 13.8 Å². The Hall–Kier alpha value is -4.59. The third kappa shape index (κ3) is 6.03. The monoisotopic (exact) mass is 512 g/mol. The van der Waals surface area contributed by atoms with Gasteiger partial charge in [0.2, 0.25) is 5.91 Å². The minimum Gasteiger partial charge on any atom is -0.480 e. The number of aromatic nitrogens is 1. The Labute approximate surface area is 221 Å². The average molecular weight is 513 g/mol. The van der Waals surface area contributed by atoms with Crippen LogP contribution in [0.5, 0.6) is 0 Å². The summed E-state index contributed by atoms with van der Waals surface area (Å²) >= 11 is 0. The van der Waals surface area contributed by atoms with E-state index in [9.17, 15) is 19.5 Å². The molecule has 3 aromatic carbocycles. The Bertz CT molecular complexity index is 1460. The van der Waals surface area contributed by atoms with Gasteiger partial charge in [-0.25, -0.2) is 4.79 Å². The van der Waals surface area contributed by atoms with Gasteiger partial charge in [-0.15, -0.1) is 0 Å². The molecule has 196 valence electrons. The summed E-state index contributed by atoms with van der Waals surface area (Å²) in [4.78, 5) is 43.8. The number of para-hydroxylation sites is 1. The van der Waals surface area contributed by atoms with Crippen molar-refractivity contribution in [2.45, 2.75) is 38.8 Å². The van der Waals surface area contributed by atoms with Gasteiger partial charge in [0.15, 0.2) is 0 Å². The maximum atomic E-state index is 13.6. The molecule has 0 fully saturated rings. The molecule has 0 aliphatic heterocycles. The highest BCUT2D eigenvalue weighted by molar-refractivity contribution is 5.98. The number of fused-ring (bicyclic) bond motifs is 1. The first kappa shape index (κ1) is 26.5. The zero-order valence-electron chi connectivity index (χ0n) is 21.7. The molecule has 0 radical (unpaired) electrons. The van der Waals surface area contributed by atoms with Gasteiger partial charge in [-0.1, -0.05) is 47.5 Å². The molecule has 8 heteroatoms. The number of hydrogen-bond acceptors (Lipinski definition) is 4. The molecule has 4 rings (SSSR count). The lowest BCUT2D eigenvalue weighted by molar-refractivity contribution is -0.142. The van der Waals surface area contributed by atoms with Crippen LogP contribution in [0.1, 0.15) is 32.6 Å². The third-order valence-corrected chi connectivity index (χ3v) is 6.68. The molecule has 1 aromatic heterocycles. The highest BCUT2D eigenvalue weighted by atomic mass is 16.4. The predicted octanol–water partition coefficient (Wildman–Crippen LogP) is 3.86. The van der Waals surface area contributed by atoms with E-state index in [4.69, 9.17) is 5.73 Å². The normalized spacial score (nSPS) is 12.6. The van der Waals surface area contributed by atoms with Gasteiger partial charge < -0.3 is 26.0 Å². The maximum absolute atomic E-state index is 13.6. The van der Waals surface area contributed by atoms with Crippen LogP contribution in [0.3, 0.4) is 0 Å². The number of nitrogen functional groups attached to an aromatic ring is 1. The molecule has 0 bridgehead atoms. The van der Waals surface area contributed by atoms with E-state index >= 15 is 0 Å². The molecule has 2 atom stereocenters. The number of carbonyl (C=O) groups is 3. The van der Waals surface area contributed by atoms with Gasteiger partial charge in [0.05, 0.1) is 0 Å². The minimum absolute atomic E-state index is 0.0917. The van der Waals surface area contributed by atoms with Crippen LogP contribution in [0.25, 0.3) is 10.9 Å². The largest absolute Gasteiger partial charge is 0.480 e. The summed E-state index contributed by atoms with van der Waals surface area (Å²) in [5, 5.41) is 13.5. The molecule has 8 nitrogen and oxygen atoms in total. The van der Waals surface area contributed by atoms with E-state index in [2.05, 4.69) is 10.3 Å². The van der Waals surface area contributed by atoms with Gasteiger partial charge in [-0.05, 0) is 55.3 Å². The number of aryl methyl sites for hydroxylation is 2. The number of aromatic amines is 1. The van der Waals surface area contributed by atoms with Crippen molar-refractivity contribution in [3.63, 3.8) is 0 Å². The van der Waals surface area contributed by atoms with Gasteiger partial charge in [-0.2, -0.15) is 0 Å². The first-order chi connectivity index (χ1) is 18.1. The SMILES string of the molecule is Cc1cc(C)cc(C(=O)N(C)[C@H](Cc2ccc(N)cc2)C(=O)N[C@@H](Cc2c[nH]c3ccccc23)C(=O)O)c1. The summed E-state index contributed by atoms with van der Waals surface area (Å²) in [7, 11) is 1.57. The minimum atomic E-state index is -1.18. The Kier molecular flexibility index (Phi) is 7.81. The fourth-order valence-corrected chi connectivity index (χ4v) is 4.71. The molecule has 0 aliphatic rings. The van der Waals surface area contributed by atoms with Crippen molar-refractivity contribution >= 4 is 34.4 Å². The quantitative estimate of drug-likeness (QED) is 0.253. The van der Waals surface area contributed by atoms with Gasteiger partial charge in [0.25, 0.3) is 5.91 Å². The van der Waals surface area contributed by atoms with E-state index in [1.807, 2.05) is 44.2 Å². The number of anilines is 1. The first-order valence-corrected chi connectivity index (χ1v) is 12.4. The number of amides is 2. The van der Waals surface area contributed by atoms with Crippen LogP contribution in [-0.2, 0) is 22.4 Å². The number of aliphatic carboxylic acids is 1. The Morgan fingerprint density at radius 3 is 2.29 bits per heavy atom. The Morgan fingerprint density at radius 2 is 1.63 bits per heavy atom. The van der Waals surface area contributed by atoms with Crippen molar-refractivity contribution < 1.29 is 19.5 Å². The van der Waals surface area contributed by atoms with Crippen molar-refractivity contribution in [3.05, 3.63) is 101 Å². The average Bonchev–Trinajstić information content (AvgIpc) is 3.29. The van der Waals surface area contributed by atoms with Crippen LogP contribution in [0.4, 0.5) is 5.69 Å². The maximum Gasteiger partial charge on any atom is 0.326 e. The topological polar surface area (TPSA) is 129 Å². The van der Waals surface area contributed by atoms with Crippen molar-refractivity contribution in [1.82, 2.24) is 15.2 Å². The summed E-state index contributed by atoms with van der Waals surface area (Å²) in [6.07, 6.45) is 2.04. The summed E-state index contributed by atoms with van der Waals surface area (Å²) in [6.45, 7) is 3.81. The molecule has 0 saturated carbocycles. The van der Waals surface area contributed by atoms with Gasteiger partial charge >= 0.3 is 5.97 Å². The lowest BCUT2D eigenvalue weighted by Gasteiger charge is -2.29. The molecule has 1 heterocycles. The van der Waals surface area contributed by atoms with E-state index < -0.39 is 24.0 Å². The van der Waals surface area contributed by atoms with Crippen LogP contribution in [0.15, 0.2) is 72.9 Å². The van der Waals surface area contributed by atoms with Gasteiger partial charge in [0, 0.05) is 48.2 Å². The number of benzene rings is 3. The summed E-state index contributed by atoms with van der Waals surface area (Å²) < 4.78 is 0. The fraction of sp³-hybridized carbons (Fsp3) is 0.233. The van der Waals surface area contributed by atoms with Crippen LogP contribution in [-0.4, -0.2) is 51.9 Å². The molecule has 5 N–H and O–H groups in total.